The van der Waals surface area contributed by atoms with Crippen LogP contribution in [0.3, 0.4) is 0 Å². The van der Waals surface area contributed by atoms with Crippen LogP contribution in [0.15, 0.2) is 97.3 Å². The van der Waals surface area contributed by atoms with Crippen molar-refractivity contribution in [2.75, 3.05) is 12.3 Å². The van der Waals surface area contributed by atoms with Gasteiger partial charge in [-0.25, -0.2) is 4.98 Å². The van der Waals surface area contributed by atoms with Crippen LogP contribution in [0.1, 0.15) is 22.9 Å². The molecule has 1 aliphatic rings. The lowest BCUT2D eigenvalue weighted by molar-refractivity contribution is -0.0942. The largest absolute Gasteiger partial charge is 0.387 e. The van der Waals surface area contributed by atoms with Crippen molar-refractivity contribution in [3.63, 3.8) is 0 Å². The molecule has 10 heteroatoms. The van der Waals surface area contributed by atoms with Gasteiger partial charge in [0.2, 0.25) is 0 Å². The fourth-order valence-electron chi connectivity index (χ4n) is 5.17. The topological polar surface area (TPSA) is 129 Å². The van der Waals surface area contributed by atoms with E-state index in [-0.39, 0.29) is 23.6 Å². The van der Waals surface area contributed by atoms with Crippen LogP contribution in [0.4, 0.5) is 10.2 Å². The Morgan fingerprint density at radius 3 is 1.92 bits per heavy atom. The number of hydrogen-bond donors (Lipinski definition) is 3. The number of fused-ring (bicyclic) bond motifs is 1. The molecule has 0 spiro atoms. The molecule has 1 fully saturated rings. The summed E-state index contributed by atoms with van der Waals surface area (Å²) < 4.78 is 28.1. The molecule has 5 aromatic rings. The molecule has 0 aliphatic carbocycles. The molecule has 0 unspecified atom stereocenters. The molecule has 0 amide bonds. The zero-order valence-electron chi connectivity index (χ0n) is 20.7. The maximum absolute atomic E-state index is 13.9. The van der Waals surface area contributed by atoms with E-state index >= 15 is 0 Å². The first kappa shape index (κ1) is 25.1. The number of aliphatic hydroxyl groups excluding tert-OH is 2. The quantitative estimate of drug-likeness (QED) is 0.218. The number of ether oxygens (including phenoxy) is 2. The number of anilines is 1. The average molecular weight is 528 g/mol. The van der Waals surface area contributed by atoms with Crippen molar-refractivity contribution in [1.82, 2.24) is 19.5 Å². The van der Waals surface area contributed by atoms with Crippen LogP contribution < -0.4 is 5.73 Å². The van der Waals surface area contributed by atoms with E-state index in [9.17, 15) is 14.6 Å². The van der Waals surface area contributed by atoms with E-state index in [0.29, 0.717) is 0 Å². The standard InChI is InChI=1S/C29H26FN5O4/c30-28-33-25(31)22-26(34-28)35(17-32-22)27-24(37)23(36)21(39-27)16-38-29(18-10-4-1-5-11-18,19-12-6-2-7-13-19)20-14-8-3-9-15-20/h1-15,17,21,23-24,27,36-37H,16H2,(H2,31,33,34)/t21-,23-,24-,27-/m1/s1. The van der Waals surface area contributed by atoms with Crippen LogP contribution in [0.5, 0.6) is 0 Å². The predicted octanol–water partition coefficient (Wildman–Crippen LogP) is 3.18. The number of imidazole rings is 1. The van der Waals surface area contributed by atoms with Crippen LogP contribution in [0, 0.1) is 6.08 Å². The van der Waals surface area contributed by atoms with Crippen LogP contribution in [-0.4, -0.2) is 54.7 Å². The van der Waals surface area contributed by atoms with Gasteiger partial charge in [-0.2, -0.15) is 14.4 Å². The summed E-state index contributed by atoms with van der Waals surface area (Å²) in [6.07, 6.45) is -4.42. The third-order valence-corrected chi connectivity index (χ3v) is 7.04. The van der Waals surface area contributed by atoms with Gasteiger partial charge in [0.1, 0.15) is 23.9 Å². The molecule has 0 radical (unpaired) electrons. The molecule has 1 saturated heterocycles. The molecule has 3 heterocycles. The van der Waals surface area contributed by atoms with Crippen molar-refractivity contribution >= 4 is 17.0 Å². The van der Waals surface area contributed by atoms with E-state index < -0.39 is 36.2 Å². The summed E-state index contributed by atoms with van der Waals surface area (Å²) >= 11 is 0. The van der Waals surface area contributed by atoms with Crippen molar-refractivity contribution in [3.05, 3.63) is 120 Å². The van der Waals surface area contributed by atoms with E-state index in [1.165, 1.54) is 10.9 Å². The highest BCUT2D eigenvalue weighted by Gasteiger charge is 2.46. The van der Waals surface area contributed by atoms with E-state index in [0.717, 1.165) is 16.7 Å². The lowest BCUT2D eigenvalue weighted by Gasteiger charge is -2.37. The Hall–Kier alpha value is -4.22. The maximum atomic E-state index is 13.9. The van der Waals surface area contributed by atoms with E-state index in [1.807, 2.05) is 91.0 Å². The summed E-state index contributed by atoms with van der Waals surface area (Å²) in [5.41, 5.74) is 7.61. The SMILES string of the molecule is Nc1nc(F)nc2c1ncn2[C@@H]1O[C@H](COC(c2ccccc2)(c2ccccc2)c2ccccc2)[C@@H](O)[C@H]1O. The van der Waals surface area contributed by atoms with Gasteiger partial charge in [0, 0.05) is 0 Å². The minimum absolute atomic E-state index is 0.0463. The van der Waals surface area contributed by atoms with Crippen molar-refractivity contribution < 1.29 is 24.1 Å². The van der Waals surface area contributed by atoms with Gasteiger partial charge >= 0.3 is 6.08 Å². The smallest absolute Gasteiger partial charge is 0.312 e. The monoisotopic (exact) mass is 527 g/mol. The first-order valence-electron chi connectivity index (χ1n) is 12.5. The second-order valence-electron chi connectivity index (χ2n) is 9.34. The van der Waals surface area contributed by atoms with Crippen molar-refractivity contribution in [1.29, 1.82) is 0 Å². The van der Waals surface area contributed by atoms with Gasteiger partial charge < -0.3 is 25.4 Å². The highest BCUT2D eigenvalue weighted by molar-refractivity contribution is 5.81. The van der Waals surface area contributed by atoms with E-state index in [2.05, 4.69) is 15.0 Å². The van der Waals surface area contributed by atoms with Crippen molar-refractivity contribution in [3.8, 4) is 0 Å². The number of aliphatic hydroxyl groups is 2. The lowest BCUT2D eigenvalue weighted by atomic mass is 9.80. The summed E-state index contributed by atoms with van der Waals surface area (Å²) in [6, 6.07) is 29.4. The van der Waals surface area contributed by atoms with Gasteiger partial charge in [-0.05, 0) is 16.7 Å². The van der Waals surface area contributed by atoms with E-state index in [1.54, 1.807) is 0 Å². The zero-order valence-corrected chi connectivity index (χ0v) is 20.7. The van der Waals surface area contributed by atoms with Crippen molar-refractivity contribution in [2.45, 2.75) is 30.1 Å². The molecule has 4 N–H and O–H groups in total. The van der Waals surface area contributed by atoms with Crippen molar-refractivity contribution in [2.24, 2.45) is 0 Å². The molecule has 6 rings (SSSR count). The highest BCUT2D eigenvalue weighted by Crippen LogP contribution is 2.42. The Kier molecular flexibility index (Phi) is 6.53. The third kappa shape index (κ3) is 4.33. The number of nitrogens with zero attached hydrogens (tertiary/aromatic N) is 4. The number of nitrogen functional groups attached to an aromatic ring is 1. The van der Waals surface area contributed by atoms with Gasteiger partial charge in [-0.3, -0.25) is 4.57 Å². The average Bonchev–Trinajstić information content (AvgIpc) is 3.51. The van der Waals surface area contributed by atoms with Crippen LogP contribution in [0.25, 0.3) is 11.2 Å². The molecule has 2 aromatic heterocycles. The fraction of sp³-hybridized carbons (Fsp3) is 0.207. The lowest BCUT2D eigenvalue weighted by Crippen LogP contribution is -2.39. The summed E-state index contributed by atoms with van der Waals surface area (Å²) in [6.45, 7) is -0.0779. The van der Waals surface area contributed by atoms with Gasteiger partial charge in [0.25, 0.3) is 0 Å². The molecule has 9 nitrogen and oxygen atoms in total. The minimum atomic E-state index is -1.37. The Bertz CT molecular complexity index is 1470. The molecule has 0 bridgehead atoms. The van der Waals surface area contributed by atoms with Crippen LogP contribution in [0.2, 0.25) is 0 Å². The van der Waals surface area contributed by atoms with Gasteiger partial charge in [0.05, 0.1) is 12.9 Å². The summed E-state index contributed by atoms with van der Waals surface area (Å²) in [7, 11) is 0. The maximum Gasteiger partial charge on any atom is 0.312 e. The molecular formula is C29H26FN5O4. The highest BCUT2D eigenvalue weighted by atomic mass is 19.1. The number of benzene rings is 3. The molecule has 0 saturated carbocycles. The van der Waals surface area contributed by atoms with Gasteiger partial charge in [-0.1, -0.05) is 91.0 Å². The third-order valence-electron chi connectivity index (χ3n) is 7.04. The van der Waals surface area contributed by atoms with Crippen LogP contribution >= 0.6 is 0 Å². The summed E-state index contributed by atoms with van der Waals surface area (Å²) in [5.74, 6) is -0.137. The first-order valence-corrected chi connectivity index (χ1v) is 12.5. The molecule has 39 heavy (non-hydrogen) atoms. The zero-order chi connectivity index (χ0) is 27.0. The first-order chi connectivity index (χ1) is 19.0. The second kappa shape index (κ2) is 10.2. The predicted molar refractivity (Wildman–Crippen MR) is 141 cm³/mol. The number of rotatable bonds is 7. The Labute approximate surface area is 223 Å². The number of halogens is 1. The minimum Gasteiger partial charge on any atom is -0.387 e. The molecule has 198 valence electrons. The molecular weight excluding hydrogens is 501 g/mol. The Morgan fingerprint density at radius 1 is 0.846 bits per heavy atom. The Balaban J connectivity index is 1.37. The normalized spacial score (nSPS) is 21.4. The Morgan fingerprint density at radius 2 is 1.38 bits per heavy atom. The number of aromatic nitrogens is 4. The van der Waals surface area contributed by atoms with Gasteiger partial charge in [0.15, 0.2) is 23.2 Å². The van der Waals surface area contributed by atoms with Gasteiger partial charge in [-0.15, -0.1) is 0 Å². The summed E-state index contributed by atoms with van der Waals surface area (Å²) in [5, 5.41) is 21.9. The summed E-state index contributed by atoms with van der Waals surface area (Å²) in [4.78, 5) is 11.4. The molecule has 3 aromatic carbocycles. The molecule has 4 atom stereocenters. The second-order valence-corrected chi connectivity index (χ2v) is 9.34. The molecule has 1 aliphatic heterocycles. The number of hydrogen-bond acceptors (Lipinski definition) is 8. The number of nitrogens with two attached hydrogens (primary N) is 1. The van der Waals surface area contributed by atoms with Crippen LogP contribution in [-0.2, 0) is 15.1 Å². The fourth-order valence-corrected chi connectivity index (χ4v) is 5.17. The van der Waals surface area contributed by atoms with E-state index in [4.69, 9.17) is 15.2 Å².